The quantitative estimate of drug-likeness (QED) is 0.0225. The Hall–Kier alpha value is -6.02. The van der Waals surface area contributed by atoms with E-state index in [2.05, 4.69) is 0 Å². The number of ether oxygens (including phenoxy) is 4. The average molecular weight is 687 g/mol. The minimum atomic E-state index is -1.28. The summed E-state index contributed by atoms with van der Waals surface area (Å²) in [5, 5.41) is 0. The molecule has 8 nitrogen and oxygen atoms in total. The van der Waals surface area contributed by atoms with Gasteiger partial charge in [-0.05, 0) is 59.2 Å². The Labute approximate surface area is 299 Å². The van der Waals surface area contributed by atoms with Gasteiger partial charge in [0.15, 0.2) is 5.92 Å². The highest BCUT2D eigenvalue weighted by molar-refractivity contribution is 6.14. The van der Waals surface area contributed by atoms with Gasteiger partial charge in [-0.3, -0.25) is 9.59 Å². The minimum Gasteiger partial charge on any atom is -0.465 e. The molecule has 0 fully saturated rings. The van der Waals surface area contributed by atoms with Crippen molar-refractivity contribution in [1.82, 2.24) is 0 Å². The highest BCUT2D eigenvalue weighted by Crippen LogP contribution is 2.29. The molecule has 0 amide bonds. The van der Waals surface area contributed by atoms with E-state index in [1.807, 2.05) is 127 Å². The summed E-state index contributed by atoms with van der Waals surface area (Å²) in [5.41, 5.74) is 4.87. The number of hydrogen-bond donors (Lipinski definition) is 0. The van der Waals surface area contributed by atoms with E-state index >= 15 is 0 Å². The van der Waals surface area contributed by atoms with E-state index in [9.17, 15) is 19.2 Å². The zero-order valence-corrected chi connectivity index (χ0v) is 29.0. The maximum Gasteiger partial charge on any atom is 0.345 e. The van der Waals surface area contributed by atoms with Crippen LogP contribution in [0, 0.1) is 11.8 Å². The van der Waals surface area contributed by atoms with E-state index in [1.165, 1.54) is 6.08 Å². The van der Waals surface area contributed by atoms with Crippen LogP contribution >= 0.6 is 0 Å². The first-order valence-corrected chi connectivity index (χ1v) is 16.9. The van der Waals surface area contributed by atoms with Gasteiger partial charge in [-0.2, -0.15) is 0 Å². The summed E-state index contributed by atoms with van der Waals surface area (Å²) in [7, 11) is 0. The lowest BCUT2D eigenvalue weighted by molar-refractivity contribution is -0.166. The number of rotatable bonds is 16. The lowest BCUT2D eigenvalue weighted by Gasteiger charge is -2.20. The molecule has 262 valence electrons. The van der Waals surface area contributed by atoms with Gasteiger partial charge < -0.3 is 18.9 Å². The van der Waals surface area contributed by atoms with Gasteiger partial charge in [0, 0.05) is 0 Å². The molecular formula is C43H42O8. The van der Waals surface area contributed by atoms with Crippen LogP contribution in [-0.2, 0) is 38.1 Å². The molecule has 0 radical (unpaired) electrons. The zero-order chi connectivity index (χ0) is 36.4. The molecule has 2 atom stereocenters. The number of carbonyl (C=O) groups excluding carboxylic acids is 4. The largest absolute Gasteiger partial charge is 0.465 e. The minimum absolute atomic E-state index is 0.0488. The van der Waals surface area contributed by atoms with E-state index in [4.69, 9.17) is 18.9 Å². The van der Waals surface area contributed by atoms with Crippen LogP contribution in [-0.4, -0.2) is 50.3 Å². The molecule has 0 aliphatic heterocycles. The maximum atomic E-state index is 13.4. The van der Waals surface area contributed by atoms with E-state index in [0.717, 1.165) is 33.4 Å². The molecule has 4 aromatic rings. The van der Waals surface area contributed by atoms with Crippen molar-refractivity contribution in [2.75, 3.05) is 26.4 Å². The van der Waals surface area contributed by atoms with E-state index < -0.39 is 35.7 Å². The Morgan fingerprint density at radius 3 is 1.35 bits per heavy atom. The maximum absolute atomic E-state index is 13.4. The van der Waals surface area contributed by atoms with Crippen molar-refractivity contribution in [3.8, 4) is 0 Å². The fourth-order valence-electron chi connectivity index (χ4n) is 5.34. The number of esters is 4. The topological polar surface area (TPSA) is 105 Å². The first-order valence-electron chi connectivity index (χ1n) is 16.9. The average Bonchev–Trinajstić information content (AvgIpc) is 3.16. The standard InChI is InChI=1S/C43H42O8/c1-4-48-40(44)37(27-26-36(32-18-10-6-11-19-32)33-20-12-7-13-21-33)41(45)50-28-29-51-43(47)39(42(46)49-5-2)31(3)30-38(34-22-14-8-15-23-34)35-24-16-9-17-25-35/h6-27,30-31,39H,4-5,28-29H2,1-3H3/b37-27-. The third-order valence-corrected chi connectivity index (χ3v) is 7.78. The highest BCUT2D eigenvalue weighted by atomic mass is 16.6. The monoisotopic (exact) mass is 686 g/mol. The van der Waals surface area contributed by atoms with E-state index in [-0.39, 0.29) is 32.0 Å². The summed E-state index contributed by atoms with van der Waals surface area (Å²) < 4.78 is 21.2. The van der Waals surface area contributed by atoms with Crippen molar-refractivity contribution in [2.24, 2.45) is 11.8 Å². The smallest absolute Gasteiger partial charge is 0.345 e. The highest BCUT2D eigenvalue weighted by Gasteiger charge is 2.35. The number of carbonyl (C=O) groups is 4. The Morgan fingerprint density at radius 1 is 0.510 bits per heavy atom. The fourth-order valence-corrected chi connectivity index (χ4v) is 5.34. The van der Waals surface area contributed by atoms with Crippen molar-refractivity contribution in [1.29, 1.82) is 0 Å². The number of benzene rings is 4. The van der Waals surface area contributed by atoms with Crippen LogP contribution in [0.5, 0.6) is 0 Å². The fraction of sp³-hybridized carbons (Fsp3) is 0.209. The first-order chi connectivity index (χ1) is 24.8. The zero-order valence-electron chi connectivity index (χ0n) is 29.0. The molecule has 0 aliphatic rings. The third kappa shape index (κ3) is 11.0. The normalized spacial score (nSPS) is 12.0. The summed E-state index contributed by atoms with van der Waals surface area (Å²) in [6.45, 7) is 4.45. The predicted molar refractivity (Wildman–Crippen MR) is 196 cm³/mol. The Morgan fingerprint density at radius 2 is 0.902 bits per heavy atom. The van der Waals surface area contributed by atoms with Crippen LogP contribution < -0.4 is 0 Å². The van der Waals surface area contributed by atoms with Crippen molar-refractivity contribution >= 4 is 35.0 Å². The first kappa shape index (κ1) is 37.8. The van der Waals surface area contributed by atoms with Crippen molar-refractivity contribution < 1.29 is 38.1 Å². The van der Waals surface area contributed by atoms with Crippen LogP contribution in [0.2, 0.25) is 0 Å². The van der Waals surface area contributed by atoms with E-state index in [1.54, 1.807) is 26.8 Å². The van der Waals surface area contributed by atoms with Gasteiger partial charge in [0.2, 0.25) is 0 Å². The molecule has 4 aromatic carbocycles. The molecule has 0 N–H and O–H groups in total. The van der Waals surface area contributed by atoms with Gasteiger partial charge >= 0.3 is 23.9 Å². The summed E-state index contributed by atoms with van der Waals surface area (Å²) in [5.74, 6) is -5.26. The molecule has 0 saturated carbocycles. The van der Waals surface area contributed by atoms with Gasteiger partial charge in [0.25, 0.3) is 0 Å². The van der Waals surface area contributed by atoms with Crippen LogP contribution in [0.3, 0.4) is 0 Å². The second-order valence-corrected chi connectivity index (χ2v) is 11.3. The van der Waals surface area contributed by atoms with Gasteiger partial charge in [-0.25, -0.2) is 9.59 Å². The summed E-state index contributed by atoms with van der Waals surface area (Å²) in [6, 6.07) is 38.4. The lowest BCUT2D eigenvalue weighted by atomic mass is 9.88. The van der Waals surface area contributed by atoms with Gasteiger partial charge in [-0.15, -0.1) is 0 Å². The van der Waals surface area contributed by atoms with E-state index in [0.29, 0.717) is 0 Å². The van der Waals surface area contributed by atoms with Gasteiger partial charge in [0.1, 0.15) is 18.8 Å². The Bertz CT molecular complexity index is 1750. The molecule has 0 aliphatic carbocycles. The number of allylic oxidation sites excluding steroid dienone is 3. The Kier molecular flexibility index (Phi) is 14.7. The summed E-state index contributed by atoms with van der Waals surface area (Å²) >= 11 is 0. The van der Waals surface area contributed by atoms with Crippen LogP contribution in [0.15, 0.2) is 145 Å². The molecule has 51 heavy (non-hydrogen) atoms. The second-order valence-electron chi connectivity index (χ2n) is 11.3. The van der Waals surface area contributed by atoms with Gasteiger partial charge in [0.05, 0.1) is 13.2 Å². The molecule has 0 bridgehead atoms. The molecule has 4 rings (SSSR count). The van der Waals surface area contributed by atoms with Crippen molar-refractivity contribution in [2.45, 2.75) is 20.8 Å². The molecule has 2 unspecified atom stereocenters. The molecule has 8 heteroatoms. The molecule has 0 spiro atoms. The molecule has 0 aromatic heterocycles. The molecular weight excluding hydrogens is 644 g/mol. The molecule has 0 saturated heterocycles. The SMILES string of the molecule is CCOC(=O)/C(=C/C=C(c1ccccc1)c1ccccc1)C(=O)OCCOC(=O)C(C(=O)OCC)C(C)C=C(c1ccccc1)c1ccccc1. The van der Waals surface area contributed by atoms with Crippen molar-refractivity contribution in [3.05, 3.63) is 167 Å². The second kappa shape index (κ2) is 19.8. The van der Waals surface area contributed by atoms with Crippen LogP contribution in [0.4, 0.5) is 0 Å². The Balaban J connectivity index is 1.50. The summed E-state index contributed by atoms with van der Waals surface area (Å²) in [4.78, 5) is 52.5. The third-order valence-electron chi connectivity index (χ3n) is 7.78. The van der Waals surface area contributed by atoms with Gasteiger partial charge in [-0.1, -0.05) is 140 Å². The lowest BCUT2D eigenvalue weighted by Crippen LogP contribution is -2.33. The van der Waals surface area contributed by atoms with Crippen LogP contribution in [0.1, 0.15) is 43.0 Å². The molecule has 0 heterocycles. The van der Waals surface area contributed by atoms with Crippen molar-refractivity contribution in [3.63, 3.8) is 0 Å². The van der Waals surface area contributed by atoms with Crippen LogP contribution in [0.25, 0.3) is 11.1 Å². The number of hydrogen-bond acceptors (Lipinski definition) is 8. The predicted octanol–water partition coefficient (Wildman–Crippen LogP) is 7.64. The summed E-state index contributed by atoms with van der Waals surface area (Å²) in [6.07, 6.45) is 4.89.